The van der Waals surface area contributed by atoms with E-state index in [1.54, 1.807) is 0 Å². The van der Waals surface area contributed by atoms with Crippen LogP contribution >= 0.6 is 0 Å². The Morgan fingerprint density at radius 1 is 1.40 bits per heavy atom. The molecule has 1 aliphatic heterocycles. The van der Waals surface area contributed by atoms with Crippen molar-refractivity contribution in [2.75, 3.05) is 18.0 Å². The summed E-state index contributed by atoms with van der Waals surface area (Å²) in [4.78, 5) is 23.4. The molecule has 0 aromatic heterocycles. The Balaban J connectivity index is 2.40. The molecule has 1 N–H and O–H groups in total. The lowest BCUT2D eigenvalue weighted by Crippen LogP contribution is -2.46. The second-order valence-electron chi connectivity index (χ2n) is 4.93. The lowest BCUT2D eigenvalue weighted by Gasteiger charge is -2.37. The van der Waals surface area contributed by atoms with Gasteiger partial charge in [-0.25, -0.2) is 4.79 Å². The van der Waals surface area contributed by atoms with Crippen LogP contribution in [0.4, 0.5) is 11.4 Å². The van der Waals surface area contributed by atoms with Crippen LogP contribution in [0.15, 0.2) is 18.2 Å². The number of nitro benzene ring substituents is 1. The zero-order chi connectivity index (χ0) is 14.9. The first kappa shape index (κ1) is 14.3. The van der Waals surface area contributed by atoms with Crippen molar-refractivity contribution in [3.8, 4) is 0 Å². The van der Waals surface area contributed by atoms with Gasteiger partial charge < -0.3 is 14.7 Å². The maximum atomic E-state index is 11.3. The summed E-state index contributed by atoms with van der Waals surface area (Å²) in [5, 5.41) is 20.0. The third-order valence-corrected chi connectivity index (χ3v) is 3.18. The van der Waals surface area contributed by atoms with E-state index in [0.29, 0.717) is 18.8 Å². The van der Waals surface area contributed by atoms with Crippen molar-refractivity contribution in [2.45, 2.75) is 26.1 Å². The fraction of sp³-hybridized carbons (Fsp3) is 0.462. The zero-order valence-electron chi connectivity index (χ0n) is 11.3. The Hall–Kier alpha value is -2.15. The van der Waals surface area contributed by atoms with Crippen LogP contribution in [-0.2, 0) is 4.74 Å². The number of carboxylic acid groups (broad SMARTS) is 1. The molecular weight excluding hydrogens is 264 g/mol. The predicted molar refractivity (Wildman–Crippen MR) is 72.3 cm³/mol. The van der Waals surface area contributed by atoms with Crippen molar-refractivity contribution in [1.82, 2.24) is 0 Å². The molecule has 0 spiro atoms. The molecule has 2 unspecified atom stereocenters. The van der Waals surface area contributed by atoms with Crippen LogP contribution in [0.1, 0.15) is 24.2 Å². The SMILES string of the molecule is CC1CN(c2ccc([N+](=O)[O-])cc2C(=O)O)CC(C)O1. The van der Waals surface area contributed by atoms with Gasteiger partial charge in [0.05, 0.1) is 28.4 Å². The van der Waals surface area contributed by atoms with E-state index in [2.05, 4.69) is 0 Å². The molecule has 0 bridgehead atoms. The number of non-ortho nitro benzene ring substituents is 1. The average molecular weight is 280 g/mol. The van der Waals surface area contributed by atoms with Crippen LogP contribution in [0, 0.1) is 10.1 Å². The second kappa shape index (κ2) is 5.46. The molecule has 1 aromatic rings. The second-order valence-corrected chi connectivity index (χ2v) is 4.93. The average Bonchev–Trinajstić information content (AvgIpc) is 2.36. The van der Waals surface area contributed by atoms with E-state index in [-0.39, 0.29) is 23.5 Å². The number of anilines is 1. The van der Waals surface area contributed by atoms with E-state index in [9.17, 15) is 20.0 Å². The molecule has 1 heterocycles. The standard InChI is InChI=1S/C13H16N2O5/c1-8-6-14(7-9(2)20-8)12-4-3-10(15(18)19)5-11(12)13(16)17/h3-5,8-9H,6-7H2,1-2H3,(H,16,17). The molecule has 0 saturated carbocycles. The van der Waals surface area contributed by atoms with Gasteiger partial charge in [0.25, 0.3) is 5.69 Å². The largest absolute Gasteiger partial charge is 0.478 e. The first-order valence-electron chi connectivity index (χ1n) is 6.30. The van der Waals surface area contributed by atoms with E-state index >= 15 is 0 Å². The molecule has 1 aliphatic rings. The van der Waals surface area contributed by atoms with Crippen LogP contribution in [-0.4, -0.2) is 41.3 Å². The predicted octanol–water partition coefficient (Wildman–Crippen LogP) is 1.91. The summed E-state index contributed by atoms with van der Waals surface area (Å²) in [5.41, 5.74) is 0.214. The lowest BCUT2D eigenvalue weighted by atomic mass is 10.1. The Kier molecular flexibility index (Phi) is 3.89. The molecule has 7 heteroatoms. The number of benzene rings is 1. The van der Waals surface area contributed by atoms with Gasteiger partial charge in [0.1, 0.15) is 0 Å². The monoisotopic (exact) mass is 280 g/mol. The summed E-state index contributed by atoms with van der Waals surface area (Å²) >= 11 is 0. The highest BCUT2D eigenvalue weighted by atomic mass is 16.6. The van der Waals surface area contributed by atoms with Crippen LogP contribution < -0.4 is 4.90 Å². The minimum Gasteiger partial charge on any atom is -0.478 e. The Morgan fingerprint density at radius 3 is 2.50 bits per heavy atom. The van der Waals surface area contributed by atoms with Crippen LogP contribution in [0.25, 0.3) is 0 Å². The summed E-state index contributed by atoms with van der Waals surface area (Å²) in [5.74, 6) is -1.17. The van der Waals surface area contributed by atoms with Crippen molar-refractivity contribution in [3.63, 3.8) is 0 Å². The number of nitro groups is 1. The van der Waals surface area contributed by atoms with E-state index in [1.165, 1.54) is 12.1 Å². The Bertz CT molecular complexity index is 536. The highest BCUT2D eigenvalue weighted by molar-refractivity contribution is 5.95. The van der Waals surface area contributed by atoms with Gasteiger partial charge >= 0.3 is 5.97 Å². The number of aromatic carboxylic acids is 1. The van der Waals surface area contributed by atoms with Gasteiger partial charge in [-0.05, 0) is 19.9 Å². The third-order valence-electron chi connectivity index (χ3n) is 3.18. The molecular formula is C13H16N2O5. The molecule has 0 radical (unpaired) electrons. The minimum absolute atomic E-state index is 0.0180. The topological polar surface area (TPSA) is 92.9 Å². The van der Waals surface area contributed by atoms with E-state index in [1.807, 2.05) is 18.7 Å². The van der Waals surface area contributed by atoms with Gasteiger partial charge in [-0.3, -0.25) is 10.1 Å². The summed E-state index contributed by atoms with van der Waals surface area (Å²) in [6.07, 6.45) is -0.0360. The summed E-state index contributed by atoms with van der Waals surface area (Å²) in [7, 11) is 0. The molecule has 2 atom stereocenters. The van der Waals surface area contributed by atoms with E-state index in [0.717, 1.165) is 6.07 Å². The summed E-state index contributed by atoms with van der Waals surface area (Å²) in [6, 6.07) is 3.92. The number of morpholine rings is 1. The number of nitrogens with zero attached hydrogens (tertiary/aromatic N) is 2. The van der Waals surface area contributed by atoms with Crippen molar-refractivity contribution < 1.29 is 19.6 Å². The van der Waals surface area contributed by atoms with Gasteiger partial charge in [0.15, 0.2) is 0 Å². The van der Waals surface area contributed by atoms with Gasteiger partial charge in [-0.2, -0.15) is 0 Å². The van der Waals surface area contributed by atoms with Gasteiger partial charge in [-0.1, -0.05) is 0 Å². The molecule has 0 amide bonds. The number of hydrogen-bond donors (Lipinski definition) is 1. The molecule has 7 nitrogen and oxygen atoms in total. The molecule has 0 aliphatic carbocycles. The summed E-state index contributed by atoms with van der Waals surface area (Å²) in [6.45, 7) is 4.94. The van der Waals surface area contributed by atoms with Crippen LogP contribution in [0.3, 0.4) is 0 Å². The lowest BCUT2D eigenvalue weighted by molar-refractivity contribution is -0.384. The number of carbonyl (C=O) groups is 1. The quantitative estimate of drug-likeness (QED) is 0.671. The Labute approximate surface area is 115 Å². The normalized spacial score (nSPS) is 22.6. The molecule has 20 heavy (non-hydrogen) atoms. The molecule has 1 saturated heterocycles. The zero-order valence-corrected chi connectivity index (χ0v) is 11.3. The highest BCUT2D eigenvalue weighted by Crippen LogP contribution is 2.28. The summed E-state index contributed by atoms with van der Waals surface area (Å²) < 4.78 is 5.60. The highest BCUT2D eigenvalue weighted by Gasteiger charge is 2.26. The number of hydrogen-bond acceptors (Lipinski definition) is 5. The minimum atomic E-state index is -1.17. The van der Waals surface area contributed by atoms with Crippen molar-refractivity contribution >= 4 is 17.3 Å². The molecule has 1 aromatic carbocycles. The van der Waals surface area contributed by atoms with Crippen molar-refractivity contribution in [2.24, 2.45) is 0 Å². The molecule has 2 rings (SSSR count). The van der Waals surface area contributed by atoms with Gasteiger partial charge in [-0.15, -0.1) is 0 Å². The first-order chi connectivity index (χ1) is 9.38. The van der Waals surface area contributed by atoms with Crippen LogP contribution in [0.5, 0.6) is 0 Å². The Morgan fingerprint density at radius 2 is 2.00 bits per heavy atom. The number of ether oxygens (including phenoxy) is 1. The maximum Gasteiger partial charge on any atom is 0.338 e. The van der Waals surface area contributed by atoms with E-state index < -0.39 is 10.9 Å². The smallest absolute Gasteiger partial charge is 0.338 e. The van der Waals surface area contributed by atoms with E-state index in [4.69, 9.17) is 4.74 Å². The van der Waals surface area contributed by atoms with Crippen LogP contribution in [0.2, 0.25) is 0 Å². The fourth-order valence-corrected chi connectivity index (χ4v) is 2.46. The number of rotatable bonds is 3. The maximum absolute atomic E-state index is 11.3. The first-order valence-corrected chi connectivity index (χ1v) is 6.30. The molecule has 108 valence electrons. The molecule has 1 fully saturated rings. The number of carboxylic acids is 1. The van der Waals surface area contributed by atoms with Gasteiger partial charge in [0, 0.05) is 25.2 Å². The van der Waals surface area contributed by atoms with Gasteiger partial charge in [0.2, 0.25) is 0 Å². The fourth-order valence-electron chi connectivity index (χ4n) is 2.46. The van der Waals surface area contributed by atoms with Crippen molar-refractivity contribution in [1.29, 1.82) is 0 Å². The van der Waals surface area contributed by atoms with Crippen molar-refractivity contribution in [3.05, 3.63) is 33.9 Å². The third kappa shape index (κ3) is 2.88.